The Morgan fingerprint density at radius 3 is 1.43 bits per heavy atom. The van der Waals surface area contributed by atoms with Gasteiger partial charge in [-0.2, -0.15) is 0 Å². The van der Waals surface area contributed by atoms with Crippen molar-refractivity contribution >= 4 is 60.2 Å². The lowest BCUT2D eigenvalue weighted by molar-refractivity contribution is 1.29. The van der Waals surface area contributed by atoms with Crippen LogP contribution in [0.2, 0.25) is 0 Å². The number of nitrogens with zero attached hydrogens (tertiary/aromatic N) is 1. The molecule has 0 aliphatic heterocycles. The zero-order valence-electron chi connectivity index (χ0n) is 25.8. The van der Waals surface area contributed by atoms with Crippen LogP contribution in [0.25, 0.3) is 65.3 Å². The molecule has 9 rings (SSSR count). The predicted octanol–water partition coefficient (Wildman–Crippen LogP) is 13.1. The van der Waals surface area contributed by atoms with Crippen molar-refractivity contribution in [2.45, 2.75) is 0 Å². The maximum Gasteiger partial charge on any atom is 0.0468 e. The molecule has 1 heteroatoms. The zero-order chi connectivity index (χ0) is 31.2. The van der Waals surface area contributed by atoms with Gasteiger partial charge in [0.15, 0.2) is 0 Å². The van der Waals surface area contributed by atoms with Gasteiger partial charge in [0.1, 0.15) is 0 Å². The highest BCUT2D eigenvalue weighted by atomic mass is 15.1. The molecule has 9 aromatic rings. The highest BCUT2D eigenvalue weighted by Gasteiger charge is 2.15. The van der Waals surface area contributed by atoms with E-state index in [2.05, 4.69) is 193 Å². The fraction of sp³-hybridized carbons (Fsp3) is 0. The second-order valence-electron chi connectivity index (χ2n) is 12.2. The first-order chi connectivity index (χ1) is 23.3. The van der Waals surface area contributed by atoms with Crippen molar-refractivity contribution in [1.82, 2.24) is 0 Å². The first kappa shape index (κ1) is 27.2. The van der Waals surface area contributed by atoms with Gasteiger partial charge in [-0.25, -0.2) is 0 Å². The van der Waals surface area contributed by atoms with Crippen molar-refractivity contribution in [1.29, 1.82) is 0 Å². The highest BCUT2D eigenvalue weighted by molar-refractivity contribution is 6.17. The molecule has 0 radical (unpaired) electrons. The average Bonchev–Trinajstić information content (AvgIpc) is 3.15. The third kappa shape index (κ3) is 4.90. The second-order valence-corrected chi connectivity index (χ2v) is 12.2. The SMILES string of the molecule is c1ccc(-c2ccc(N(c3ccc(-c4ccc5ccccc5c4)cc3)c3ccc4ccc5c6ccccc6ccc5c4c3)cc2)cc1. The van der Waals surface area contributed by atoms with E-state index < -0.39 is 0 Å². The lowest BCUT2D eigenvalue weighted by Gasteiger charge is -2.26. The van der Waals surface area contributed by atoms with Crippen molar-refractivity contribution in [2.24, 2.45) is 0 Å². The van der Waals surface area contributed by atoms with E-state index in [0.717, 1.165) is 17.1 Å². The summed E-state index contributed by atoms with van der Waals surface area (Å²) in [6, 6.07) is 68.3. The molecule has 0 saturated heterocycles. The van der Waals surface area contributed by atoms with Gasteiger partial charge in [0.2, 0.25) is 0 Å². The van der Waals surface area contributed by atoms with Crippen LogP contribution in [0.1, 0.15) is 0 Å². The van der Waals surface area contributed by atoms with Crippen molar-refractivity contribution in [3.63, 3.8) is 0 Å². The Hall–Kier alpha value is -6.18. The van der Waals surface area contributed by atoms with Crippen LogP contribution in [0.3, 0.4) is 0 Å². The van der Waals surface area contributed by atoms with Crippen LogP contribution in [0, 0.1) is 0 Å². The molecule has 0 amide bonds. The Labute approximate surface area is 274 Å². The molecule has 0 spiro atoms. The molecule has 0 saturated carbocycles. The molecule has 0 N–H and O–H groups in total. The van der Waals surface area contributed by atoms with Crippen LogP contribution in [-0.2, 0) is 0 Å². The molecule has 9 aromatic carbocycles. The van der Waals surface area contributed by atoms with Gasteiger partial charge < -0.3 is 4.90 Å². The average molecular weight is 598 g/mol. The molecule has 0 fully saturated rings. The van der Waals surface area contributed by atoms with Gasteiger partial charge in [-0.05, 0) is 108 Å². The minimum Gasteiger partial charge on any atom is -0.310 e. The molecule has 0 aliphatic carbocycles. The second kappa shape index (κ2) is 11.3. The van der Waals surface area contributed by atoms with E-state index >= 15 is 0 Å². The van der Waals surface area contributed by atoms with Crippen LogP contribution in [-0.4, -0.2) is 0 Å². The molecule has 0 unspecified atom stereocenters. The number of hydrogen-bond acceptors (Lipinski definition) is 1. The predicted molar refractivity (Wildman–Crippen MR) is 202 cm³/mol. The summed E-state index contributed by atoms with van der Waals surface area (Å²) in [5.41, 5.74) is 8.21. The third-order valence-electron chi connectivity index (χ3n) is 9.43. The van der Waals surface area contributed by atoms with Gasteiger partial charge in [-0.1, -0.05) is 146 Å². The van der Waals surface area contributed by atoms with Crippen molar-refractivity contribution < 1.29 is 0 Å². The van der Waals surface area contributed by atoms with E-state index in [1.165, 1.54) is 65.3 Å². The van der Waals surface area contributed by atoms with Gasteiger partial charge in [0.25, 0.3) is 0 Å². The van der Waals surface area contributed by atoms with E-state index in [0.29, 0.717) is 0 Å². The molecule has 1 nitrogen and oxygen atoms in total. The first-order valence-corrected chi connectivity index (χ1v) is 16.2. The smallest absolute Gasteiger partial charge is 0.0468 e. The van der Waals surface area contributed by atoms with Crippen LogP contribution < -0.4 is 4.90 Å². The fourth-order valence-electron chi connectivity index (χ4n) is 7.00. The standard InChI is InChI=1S/C46H31N/c1-2-8-32(9-3-1)34-16-23-40(24-17-34)47(41-25-18-35(19-26-41)39-15-14-33-10-4-5-12-38(33)30-39)42-27-20-37-22-28-44-43-13-7-6-11-36(43)21-29-45(44)46(37)31-42/h1-31H. The zero-order valence-corrected chi connectivity index (χ0v) is 25.8. The summed E-state index contributed by atoms with van der Waals surface area (Å²) in [5, 5.41) is 10.1. The van der Waals surface area contributed by atoms with Gasteiger partial charge in [0, 0.05) is 17.1 Å². The van der Waals surface area contributed by atoms with Crippen molar-refractivity contribution in [3.05, 3.63) is 188 Å². The van der Waals surface area contributed by atoms with Crippen LogP contribution in [0.5, 0.6) is 0 Å². The first-order valence-electron chi connectivity index (χ1n) is 16.2. The van der Waals surface area contributed by atoms with Crippen LogP contribution in [0.15, 0.2) is 188 Å². The fourth-order valence-corrected chi connectivity index (χ4v) is 7.00. The maximum absolute atomic E-state index is 2.37. The Bertz CT molecular complexity index is 2550. The van der Waals surface area contributed by atoms with Crippen molar-refractivity contribution in [3.8, 4) is 22.3 Å². The summed E-state index contributed by atoms with van der Waals surface area (Å²) >= 11 is 0. The molecule has 47 heavy (non-hydrogen) atoms. The van der Waals surface area contributed by atoms with Crippen molar-refractivity contribution in [2.75, 3.05) is 4.90 Å². The number of rotatable bonds is 5. The summed E-state index contributed by atoms with van der Waals surface area (Å²) in [6.45, 7) is 0. The molecule has 0 heterocycles. The molecular weight excluding hydrogens is 567 g/mol. The molecule has 220 valence electrons. The highest BCUT2D eigenvalue weighted by Crippen LogP contribution is 2.40. The summed E-state index contributed by atoms with van der Waals surface area (Å²) in [4.78, 5) is 2.37. The molecule has 0 aromatic heterocycles. The third-order valence-corrected chi connectivity index (χ3v) is 9.43. The minimum atomic E-state index is 1.12. The van der Waals surface area contributed by atoms with Gasteiger partial charge >= 0.3 is 0 Å². The Morgan fingerprint density at radius 1 is 0.234 bits per heavy atom. The van der Waals surface area contributed by atoms with E-state index in [-0.39, 0.29) is 0 Å². The number of hydrogen-bond donors (Lipinski definition) is 0. The Balaban J connectivity index is 1.18. The summed E-state index contributed by atoms with van der Waals surface area (Å²) in [5.74, 6) is 0. The molecule has 0 atom stereocenters. The molecule has 0 bridgehead atoms. The van der Waals surface area contributed by atoms with E-state index in [4.69, 9.17) is 0 Å². The largest absolute Gasteiger partial charge is 0.310 e. The van der Waals surface area contributed by atoms with E-state index in [1.807, 2.05) is 0 Å². The maximum atomic E-state index is 2.37. The molecular formula is C46H31N. The summed E-state index contributed by atoms with van der Waals surface area (Å²) in [6.07, 6.45) is 0. The van der Waals surface area contributed by atoms with Gasteiger partial charge in [-0.15, -0.1) is 0 Å². The summed E-state index contributed by atoms with van der Waals surface area (Å²) in [7, 11) is 0. The number of benzene rings is 9. The van der Waals surface area contributed by atoms with E-state index in [9.17, 15) is 0 Å². The minimum absolute atomic E-state index is 1.12. The normalized spacial score (nSPS) is 11.4. The Morgan fingerprint density at radius 2 is 0.702 bits per heavy atom. The Kier molecular flexibility index (Phi) is 6.54. The lowest BCUT2D eigenvalue weighted by Crippen LogP contribution is -2.09. The van der Waals surface area contributed by atoms with Crippen LogP contribution in [0.4, 0.5) is 17.1 Å². The van der Waals surface area contributed by atoms with E-state index in [1.54, 1.807) is 0 Å². The lowest BCUT2D eigenvalue weighted by atomic mass is 9.96. The topological polar surface area (TPSA) is 3.24 Å². The number of anilines is 3. The monoisotopic (exact) mass is 597 g/mol. The van der Waals surface area contributed by atoms with Crippen LogP contribution >= 0.6 is 0 Å². The quantitative estimate of drug-likeness (QED) is 0.178. The van der Waals surface area contributed by atoms with Gasteiger partial charge in [0.05, 0.1) is 0 Å². The molecule has 0 aliphatic rings. The number of fused-ring (bicyclic) bond motifs is 6. The summed E-state index contributed by atoms with van der Waals surface area (Å²) < 4.78 is 0. The van der Waals surface area contributed by atoms with Gasteiger partial charge in [-0.3, -0.25) is 0 Å².